The molecule has 2 aromatic carbocycles. The van der Waals surface area contributed by atoms with Crippen LogP contribution < -0.4 is 10.5 Å². The van der Waals surface area contributed by atoms with Crippen LogP contribution in [0.3, 0.4) is 0 Å². The Hall–Kier alpha value is -2.97. The van der Waals surface area contributed by atoms with Crippen LogP contribution >= 0.6 is 0 Å². The molecule has 0 aliphatic carbocycles. The van der Waals surface area contributed by atoms with Crippen LogP contribution in [0.1, 0.15) is 20.7 Å². The lowest BCUT2D eigenvalue weighted by atomic mass is 10.1. The van der Waals surface area contributed by atoms with Crippen molar-refractivity contribution in [1.82, 2.24) is 0 Å². The van der Waals surface area contributed by atoms with Gasteiger partial charge in [-0.2, -0.15) is 8.78 Å². The van der Waals surface area contributed by atoms with Gasteiger partial charge in [0.2, 0.25) is 40.7 Å². The topological polar surface area (TPSA) is 69.4 Å². The Morgan fingerprint density at radius 3 is 1.57 bits per heavy atom. The summed E-state index contributed by atoms with van der Waals surface area (Å²) in [6.45, 7) is 0. The Balaban J connectivity index is 2.36. The molecule has 0 atom stereocenters. The van der Waals surface area contributed by atoms with Crippen molar-refractivity contribution in [2.24, 2.45) is 5.73 Å². The zero-order valence-corrected chi connectivity index (χ0v) is 11.0. The van der Waals surface area contributed by atoms with E-state index in [0.29, 0.717) is 0 Å². The predicted octanol–water partition coefficient (Wildman–Crippen LogP) is 2.70. The van der Waals surface area contributed by atoms with Gasteiger partial charge in [-0.1, -0.05) is 0 Å². The second-order valence-electron chi connectivity index (χ2n) is 4.23. The van der Waals surface area contributed by atoms with Crippen LogP contribution in [0.15, 0.2) is 24.3 Å². The van der Waals surface area contributed by atoms with E-state index in [9.17, 15) is 31.5 Å². The first-order chi connectivity index (χ1) is 10.7. The van der Waals surface area contributed by atoms with Gasteiger partial charge < -0.3 is 10.5 Å². The van der Waals surface area contributed by atoms with Gasteiger partial charge in [0.1, 0.15) is 0 Å². The first kappa shape index (κ1) is 16.4. The van der Waals surface area contributed by atoms with E-state index in [0.717, 1.165) is 24.3 Å². The summed E-state index contributed by atoms with van der Waals surface area (Å²) in [5, 5.41) is 0. The van der Waals surface area contributed by atoms with E-state index in [1.54, 1.807) is 0 Å². The standard InChI is InChI=1S/C14H6F5NO3/c15-7-8(16)10(18)12(11(19)9(7)17)23-14(22)6-3-1-5(2-4-6)13(20)21/h1-4H,(H2,20,21). The predicted molar refractivity (Wildman–Crippen MR) is 66.2 cm³/mol. The number of nitrogens with two attached hydrogens (primary N) is 1. The molecule has 1 amide bonds. The molecule has 9 heteroatoms. The summed E-state index contributed by atoms with van der Waals surface area (Å²) in [7, 11) is 0. The molecule has 0 heterocycles. The van der Waals surface area contributed by atoms with Crippen molar-refractivity contribution in [3.05, 3.63) is 64.5 Å². The van der Waals surface area contributed by atoms with Gasteiger partial charge in [-0.25, -0.2) is 18.0 Å². The molecule has 0 saturated heterocycles. The Morgan fingerprint density at radius 1 is 0.739 bits per heavy atom. The minimum atomic E-state index is -2.37. The van der Waals surface area contributed by atoms with Crippen molar-refractivity contribution >= 4 is 11.9 Å². The van der Waals surface area contributed by atoms with Crippen molar-refractivity contribution in [1.29, 1.82) is 0 Å². The van der Waals surface area contributed by atoms with E-state index in [1.807, 2.05) is 0 Å². The van der Waals surface area contributed by atoms with Gasteiger partial charge in [0, 0.05) is 5.56 Å². The molecule has 0 radical (unpaired) electrons. The Kier molecular flexibility index (Phi) is 4.30. The smallest absolute Gasteiger partial charge is 0.343 e. The van der Waals surface area contributed by atoms with E-state index in [2.05, 4.69) is 4.74 Å². The average molecular weight is 331 g/mol. The minimum Gasteiger partial charge on any atom is -0.416 e. The summed E-state index contributed by atoms with van der Waals surface area (Å²) >= 11 is 0. The van der Waals surface area contributed by atoms with E-state index in [1.165, 1.54) is 0 Å². The molecule has 0 aliphatic heterocycles. The van der Waals surface area contributed by atoms with E-state index >= 15 is 0 Å². The van der Waals surface area contributed by atoms with Crippen molar-refractivity contribution in [2.45, 2.75) is 0 Å². The number of carbonyl (C=O) groups excluding carboxylic acids is 2. The number of hydrogen-bond donors (Lipinski definition) is 1. The zero-order chi connectivity index (χ0) is 17.3. The number of halogens is 5. The normalized spacial score (nSPS) is 10.5. The summed E-state index contributed by atoms with van der Waals surface area (Å²) in [6, 6.07) is 4.32. The van der Waals surface area contributed by atoms with Crippen molar-refractivity contribution in [3.63, 3.8) is 0 Å². The lowest BCUT2D eigenvalue weighted by Gasteiger charge is -2.09. The number of amides is 1. The molecule has 0 aromatic heterocycles. The zero-order valence-electron chi connectivity index (χ0n) is 11.0. The molecule has 23 heavy (non-hydrogen) atoms. The molecule has 0 bridgehead atoms. The fourth-order valence-electron chi connectivity index (χ4n) is 1.60. The number of ether oxygens (including phenoxy) is 1. The van der Waals surface area contributed by atoms with Crippen molar-refractivity contribution < 1.29 is 36.3 Å². The van der Waals surface area contributed by atoms with E-state index in [-0.39, 0.29) is 11.1 Å². The number of benzene rings is 2. The van der Waals surface area contributed by atoms with Crippen LogP contribution in [0.25, 0.3) is 0 Å². The molecule has 120 valence electrons. The summed E-state index contributed by atoms with van der Waals surface area (Å²) in [5.41, 5.74) is 4.72. The summed E-state index contributed by atoms with van der Waals surface area (Å²) in [4.78, 5) is 22.6. The molecule has 0 aliphatic rings. The van der Waals surface area contributed by atoms with Crippen molar-refractivity contribution in [2.75, 3.05) is 0 Å². The van der Waals surface area contributed by atoms with Crippen LogP contribution in [-0.4, -0.2) is 11.9 Å². The van der Waals surface area contributed by atoms with Gasteiger partial charge >= 0.3 is 5.97 Å². The highest BCUT2D eigenvalue weighted by atomic mass is 19.2. The van der Waals surface area contributed by atoms with Crippen LogP contribution in [0.2, 0.25) is 0 Å². The van der Waals surface area contributed by atoms with Crippen LogP contribution in [-0.2, 0) is 0 Å². The SMILES string of the molecule is NC(=O)c1ccc(C(=O)Oc2c(F)c(F)c(F)c(F)c2F)cc1. The second-order valence-corrected chi connectivity index (χ2v) is 4.23. The lowest BCUT2D eigenvalue weighted by molar-refractivity contribution is 0.0715. The van der Waals surface area contributed by atoms with Gasteiger partial charge in [0.15, 0.2) is 0 Å². The van der Waals surface area contributed by atoms with Gasteiger partial charge in [-0.15, -0.1) is 0 Å². The second kappa shape index (κ2) is 6.03. The molecule has 0 saturated carbocycles. The van der Waals surface area contributed by atoms with Crippen molar-refractivity contribution in [3.8, 4) is 5.75 Å². The highest BCUT2D eigenvalue weighted by Crippen LogP contribution is 2.29. The molecule has 2 aromatic rings. The molecular weight excluding hydrogens is 325 g/mol. The van der Waals surface area contributed by atoms with Crippen LogP contribution in [0, 0.1) is 29.1 Å². The van der Waals surface area contributed by atoms with Gasteiger partial charge in [0.25, 0.3) is 0 Å². The monoisotopic (exact) mass is 331 g/mol. The van der Waals surface area contributed by atoms with E-state index in [4.69, 9.17) is 5.73 Å². The van der Waals surface area contributed by atoms with Crippen LogP contribution in [0.5, 0.6) is 5.75 Å². The minimum absolute atomic E-state index is 0.0396. The molecule has 2 rings (SSSR count). The molecule has 4 nitrogen and oxygen atoms in total. The molecule has 0 spiro atoms. The van der Waals surface area contributed by atoms with E-state index < -0.39 is 46.7 Å². The maximum absolute atomic E-state index is 13.4. The summed E-state index contributed by atoms with van der Waals surface area (Å²) < 4.78 is 69.9. The highest BCUT2D eigenvalue weighted by molar-refractivity contribution is 5.95. The number of esters is 1. The number of hydrogen-bond acceptors (Lipinski definition) is 3. The van der Waals surface area contributed by atoms with Gasteiger partial charge in [-0.05, 0) is 24.3 Å². The maximum atomic E-state index is 13.4. The molecule has 0 fully saturated rings. The summed E-state index contributed by atoms with van der Waals surface area (Å²) in [5.74, 6) is -15.3. The fraction of sp³-hybridized carbons (Fsp3) is 0. The Labute approximate surface area is 125 Å². The van der Waals surface area contributed by atoms with Crippen LogP contribution in [0.4, 0.5) is 22.0 Å². The number of rotatable bonds is 3. The fourth-order valence-corrected chi connectivity index (χ4v) is 1.60. The summed E-state index contributed by atoms with van der Waals surface area (Å²) in [6.07, 6.45) is 0. The third-order valence-corrected chi connectivity index (χ3v) is 2.77. The quantitative estimate of drug-likeness (QED) is 0.309. The third-order valence-electron chi connectivity index (χ3n) is 2.77. The maximum Gasteiger partial charge on any atom is 0.343 e. The number of carbonyl (C=O) groups is 2. The van der Waals surface area contributed by atoms with Gasteiger partial charge in [-0.3, -0.25) is 4.79 Å². The molecule has 2 N–H and O–H groups in total. The molecular formula is C14H6F5NO3. The average Bonchev–Trinajstić information content (AvgIpc) is 2.55. The number of primary amides is 1. The van der Waals surface area contributed by atoms with Gasteiger partial charge in [0.05, 0.1) is 5.56 Å². The lowest BCUT2D eigenvalue weighted by Crippen LogP contribution is -2.15. The highest BCUT2D eigenvalue weighted by Gasteiger charge is 2.28. The molecule has 0 unspecified atom stereocenters. The Bertz CT molecular complexity index is 776. The third kappa shape index (κ3) is 2.98. The largest absolute Gasteiger partial charge is 0.416 e. The Morgan fingerprint density at radius 2 is 1.13 bits per heavy atom. The first-order valence-electron chi connectivity index (χ1n) is 5.87. The first-order valence-corrected chi connectivity index (χ1v) is 5.87.